The van der Waals surface area contributed by atoms with Crippen LogP contribution in [0.5, 0.6) is 0 Å². The SMILES string of the molecule is C/C(=C/c1ccc2c(c1)CCC2)CN. The van der Waals surface area contributed by atoms with Gasteiger partial charge in [0.15, 0.2) is 0 Å². The molecule has 1 aromatic carbocycles. The third-order valence-electron chi connectivity index (χ3n) is 2.86. The molecule has 0 saturated heterocycles. The van der Waals surface area contributed by atoms with Crippen LogP contribution in [0.2, 0.25) is 0 Å². The molecule has 2 N–H and O–H groups in total. The van der Waals surface area contributed by atoms with Crippen molar-refractivity contribution in [1.29, 1.82) is 0 Å². The van der Waals surface area contributed by atoms with Crippen molar-refractivity contribution in [1.82, 2.24) is 0 Å². The topological polar surface area (TPSA) is 26.0 Å². The molecule has 0 aliphatic heterocycles. The molecule has 74 valence electrons. The molecule has 1 aromatic rings. The van der Waals surface area contributed by atoms with E-state index in [2.05, 4.69) is 31.2 Å². The molecule has 2 rings (SSSR count). The fraction of sp³-hybridized carbons (Fsp3) is 0.385. The maximum Gasteiger partial charge on any atom is 0.0137 e. The Labute approximate surface area is 85.6 Å². The summed E-state index contributed by atoms with van der Waals surface area (Å²) in [5, 5.41) is 0. The number of fused-ring (bicyclic) bond motifs is 1. The molecule has 0 bridgehead atoms. The van der Waals surface area contributed by atoms with Gasteiger partial charge >= 0.3 is 0 Å². The van der Waals surface area contributed by atoms with Crippen molar-refractivity contribution in [3.8, 4) is 0 Å². The Morgan fingerprint density at radius 3 is 2.93 bits per heavy atom. The highest BCUT2D eigenvalue weighted by Crippen LogP contribution is 2.23. The Hall–Kier alpha value is -1.08. The van der Waals surface area contributed by atoms with Gasteiger partial charge < -0.3 is 5.73 Å². The molecule has 1 aliphatic rings. The van der Waals surface area contributed by atoms with Crippen LogP contribution in [0.25, 0.3) is 6.08 Å². The highest BCUT2D eigenvalue weighted by atomic mass is 14.5. The molecule has 1 nitrogen and oxygen atoms in total. The average Bonchev–Trinajstić information content (AvgIpc) is 2.64. The zero-order valence-electron chi connectivity index (χ0n) is 8.72. The third kappa shape index (κ3) is 1.88. The molecular formula is C13H17N. The van der Waals surface area contributed by atoms with E-state index in [-0.39, 0.29) is 0 Å². The number of rotatable bonds is 2. The zero-order chi connectivity index (χ0) is 9.97. The van der Waals surface area contributed by atoms with E-state index < -0.39 is 0 Å². The Balaban J connectivity index is 2.29. The van der Waals surface area contributed by atoms with Crippen LogP contribution >= 0.6 is 0 Å². The van der Waals surface area contributed by atoms with Crippen LogP contribution in [-0.2, 0) is 12.8 Å². The first-order valence-electron chi connectivity index (χ1n) is 5.28. The van der Waals surface area contributed by atoms with E-state index in [1.165, 1.54) is 41.5 Å². The van der Waals surface area contributed by atoms with E-state index in [1.807, 2.05) is 0 Å². The predicted molar refractivity (Wildman–Crippen MR) is 61.2 cm³/mol. The standard InChI is InChI=1S/C13H17N/c1-10(9-14)7-11-5-6-12-3-2-4-13(12)8-11/h5-8H,2-4,9,14H2,1H3/b10-7-. The van der Waals surface area contributed by atoms with Crippen LogP contribution in [0.4, 0.5) is 0 Å². The van der Waals surface area contributed by atoms with Gasteiger partial charge in [-0.1, -0.05) is 29.8 Å². The maximum absolute atomic E-state index is 5.56. The minimum atomic E-state index is 0.650. The van der Waals surface area contributed by atoms with E-state index >= 15 is 0 Å². The molecule has 0 unspecified atom stereocenters. The van der Waals surface area contributed by atoms with Crippen LogP contribution in [-0.4, -0.2) is 6.54 Å². The molecule has 14 heavy (non-hydrogen) atoms. The summed E-state index contributed by atoms with van der Waals surface area (Å²) in [7, 11) is 0. The number of aryl methyl sites for hydroxylation is 2. The van der Waals surface area contributed by atoms with Crippen LogP contribution in [0.3, 0.4) is 0 Å². The van der Waals surface area contributed by atoms with E-state index in [0.29, 0.717) is 6.54 Å². The first-order valence-corrected chi connectivity index (χ1v) is 5.28. The fourth-order valence-electron chi connectivity index (χ4n) is 2.02. The first-order chi connectivity index (χ1) is 6.79. The molecule has 0 spiro atoms. The summed E-state index contributed by atoms with van der Waals surface area (Å²) >= 11 is 0. The summed E-state index contributed by atoms with van der Waals surface area (Å²) in [6, 6.07) is 6.77. The van der Waals surface area contributed by atoms with Crippen molar-refractivity contribution in [2.24, 2.45) is 5.73 Å². The second kappa shape index (κ2) is 3.97. The van der Waals surface area contributed by atoms with Gasteiger partial charge in [-0.2, -0.15) is 0 Å². The molecule has 0 aromatic heterocycles. The smallest absolute Gasteiger partial charge is 0.0137 e. The summed E-state index contributed by atoms with van der Waals surface area (Å²) in [6.45, 7) is 2.73. The molecule has 0 heterocycles. The van der Waals surface area contributed by atoms with E-state index in [1.54, 1.807) is 0 Å². The highest BCUT2D eigenvalue weighted by molar-refractivity contribution is 5.55. The van der Waals surface area contributed by atoms with E-state index in [4.69, 9.17) is 5.73 Å². The Kier molecular flexibility index (Phi) is 2.69. The Bertz CT molecular complexity index is 363. The van der Waals surface area contributed by atoms with E-state index in [0.717, 1.165) is 0 Å². The van der Waals surface area contributed by atoms with Gasteiger partial charge in [-0.3, -0.25) is 0 Å². The number of benzene rings is 1. The molecule has 1 heteroatoms. The van der Waals surface area contributed by atoms with Gasteiger partial charge in [0.1, 0.15) is 0 Å². The number of nitrogens with two attached hydrogens (primary N) is 1. The zero-order valence-corrected chi connectivity index (χ0v) is 8.72. The van der Waals surface area contributed by atoms with Gasteiger partial charge in [-0.05, 0) is 42.9 Å². The first kappa shape index (κ1) is 9.47. The van der Waals surface area contributed by atoms with Crippen molar-refractivity contribution >= 4 is 6.08 Å². The summed E-state index contributed by atoms with van der Waals surface area (Å²) in [5.74, 6) is 0. The van der Waals surface area contributed by atoms with Crippen LogP contribution in [0.1, 0.15) is 30.0 Å². The van der Waals surface area contributed by atoms with Gasteiger partial charge in [-0.25, -0.2) is 0 Å². The lowest BCUT2D eigenvalue weighted by atomic mass is 10.0. The molecule has 0 fully saturated rings. The Morgan fingerprint density at radius 2 is 2.14 bits per heavy atom. The summed E-state index contributed by atoms with van der Waals surface area (Å²) < 4.78 is 0. The van der Waals surface area contributed by atoms with Gasteiger partial charge in [0.2, 0.25) is 0 Å². The van der Waals surface area contributed by atoms with E-state index in [9.17, 15) is 0 Å². The summed E-state index contributed by atoms with van der Waals surface area (Å²) in [5.41, 5.74) is 11.2. The van der Waals surface area contributed by atoms with Crippen molar-refractivity contribution in [2.75, 3.05) is 6.54 Å². The third-order valence-corrected chi connectivity index (χ3v) is 2.86. The fourth-order valence-corrected chi connectivity index (χ4v) is 2.02. The van der Waals surface area contributed by atoms with Crippen molar-refractivity contribution in [2.45, 2.75) is 26.2 Å². The van der Waals surface area contributed by atoms with Gasteiger partial charge in [-0.15, -0.1) is 0 Å². The minimum absolute atomic E-state index is 0.650. The predicted octanol–water partition coefficient (Wildman–Crippen LogP) is 2.54. The number of hydrogen-bond donors (Lipinski definition) is 1. The Morgan fingerprint density at radius 1 is 1.36 bits per heavy atom. The largest absolute Gasteiger partial charge is 0.327 e. The molecule has 0 radical (unpaired) electrons. The van der Waals surface area contributed by atoms with Crippen LogP contribution in [0, 0.1) is 0 Å². The van der Waals surface area contributed by atoms with Crippen molar-refractivity contribution < 1.29 is 0 Å². The highest BCUT2D eigenvalue weighted by Gasteiger charge is 2.09. The molecule has 0 atom stereocenters. The van der Waals surface area contributed by atoms with Gasteiger partial charge in [0, 0.05) is 6.54 Å². The lowest BCUT2D eigenvalue weighted by Gasteiger charge is -2.02. The maximum atomic E-state index is 5.56. The van der Waals surface area contributed by atoms with Crippen LogP contribution < -0.4 is 5.73 Å². The second-order valence-electron chi connectivity index (χ2n) is 4.08. The molecule has 1 aliphatic carbocycles. The normalized spacial score (nSPS) is 15.7. The van der Waals surface area contributed by atoms with Gasteiger partial charge in [0.05, 0.1) is 0 Å². The average molecular weight is 187 g/mol. The monoisotopic (exact) mass is 187 g/mol. The molecule has 0 amide bonds. The second-order valence-corrected chi connectivity index (χ2v) is 4.08. The van der Waals surface area contributed by atoms with Crippen LogP contribution in [0.15, 0.2) is 23.8 Å². The molecular weight excluding hydrogens is 170 g/mol. The van der Waals surface area contributed by atoms with Gasteiger partial charge in [0.25, 0.3) is 0 Å². The van der Waals surface area contributed by atoms with Crippen molar-refractivity contribution in [3.63, 3.8) is 0 Å². The molecule has 0 saturated carbocycles. The quantitative estimate of drug-likeness (QED) is 0.756. The number of hydrogen-bond acceptors (Lipinski definition) is 1. The lowest BCUT2D eigenvalue weighted by molar-refractivity contribution is 0.912. The summed E-state index contributed by atoms with van der Waals surface area (Å²) in [6.07, 6.45) is 6.00. The summed E-state index contributed by atoms with van der Waals surface area (Å²) in [4.78, 5) is 0. The minimum Gasteiger partial charge on any atom is -0.327 e. The van der Waals surface area contributed by atoms with Crippen molar-refractivity contribution in [3.05, 3.63) is 40.5 Å². The lowest BCUT2D eigenvalue weighted by Crippen LogP contribution is -1.99.